The predicted octanol–water partition coefficient (Wildman–Crippen LogP) is 3.70. The van der Waals surface area contributed by atoms with Crippen LogP contribution in [0.5, 0.6) is 0 Å². The number of carbonyl (C=O) groups is 1. The van der Waals surface area contributed by atoms with E-state index in [2.05, 4.69) is 22.1 Å². The van der Waals surface area contributed by atoms with E-state index >= 15 is 0 Å². The molecule has 26 heavy (non-hydrogen) atoms. The average Bonchev–Trinajstić information content (AvgIpc) is 3.36. The van der Waals surface area contributed by atoms with Crippen LogP contribution in [0.25, 0.3) is 0 Å². The molecule has 0 radical (unpaired) electrons. The van der Waals surface area contributed by atoms with Gasteiger partial charge in [-0.25, -0.2) is 4.79 Å². The van der Waals surface area contributed by atoms with Crippen LogP contribution in [0.1, 0.15) is 59.8 Å². The summed E-state index contributed by atoms with van der Waals surface area (Å²) in [5.41, 5.74) is -0.439. The van der Waals surface area contributed by atoms with Crippen molar-refractivity contribution in [2.75, 3.05) is 33.2 Å². The van der Waals surface area contributed by atoms with Gasteiger partial charge < -0.3 is 19.9 Å². The molecular formula is C19H37IN4O2. The molecule has 7 heteroatoms. The second kappa shape index (κ2) is 10.6. The highest BCUT2D eigenvalue weighted by Gasteiger charge is 2.35. The fraction of sp³-hybridized carbons (Fsp3) is 0.895. The molecule has 152 valence electrons. The van der Waals surface area contributed by atoms with Crippen molar-refractivity contribution in [3.8, 4) is 0 Å². The summed E-state index contributed by atoms with van der Waals surface area (Å²) in [7, 11) is 1.84. The van der Waals surface area contributed by atoms with Crippen molar-refractivity contribution in [1.82, 2.24) is 15.1 Å². The summed E-state index contributed by atoms with van der Waals surface area (Å²) in [6, 6.07) is 0.274. The van der Waals surface area contributed by atoms with Crippen LogP contribution in [0.15, 0.2) is 4.99 Å². The number of piperidine rings is 1. The molecule has 2 aliphatic rings. The summed E-state index contributed by atoms with van der Waals surface area (Å²) in [5.74, 6) is 1.65. The van der Waals surface area contributed by atoms with Crippen LogP contribution in [0, 0.1) is 5.92 Å². The molecule has 0 bridgehead atoms. The number of halogens is 1. The number of hydrogen-bond donors (Lipinski definition) is 1. The number of nitrogens with one attached hydrogen (secondary N) is 1. The Kier molecular flexibility index (Phi) is 9.47. The van der Waals surface area contributed by atoms with Gasteiger partial charge in [0.2, 0.25) is 0 Å². The fourth-order valence-electron chi connectivity index (χ4n) is 3.23. The van der Waals surface area contributed by atoms with E-state index in [1.165, 1.54) is 12.8 Å². The number of carbonyl (C=O) groups excluding carboxylic acids is 1. The van der Waals surface area contributed by atoms with E-state index < -0.39 is 5.60 Å². The monoisotopic (exact) mass is 480 g/mol. The minimum Gasteiger partial charge on any atom is -0.444 e. The maximum absolute atomic E-state index is 12.7. The molecule has 0 atom stereocenters. The second-order valence-corrected chi connectivity index (χ2v) is 8.27. The summed E-state index contributed by atoms with van der Waals surface area (Å²) in [4.78, 5) is 21.4. The van der Waals surface area contributed by atoms with Gasteiger partial charge in [0.1, 0.15) is 5.60 Å². The minimum absolute atomic E-state index is 0. The normalized spacial score (nSPS) is 19.0. The maximum Gasteiger partial charge on any atom is 0.410 e. The highest BCUT2D eigenvalue weighted by Crippen LogP contribution is 2.32. The SMILES string of the molecule is CCCNC(=NC)N1CCC(N(CC2CC2)C(=O)OC(C)(C)C)CC1.I. The third-order valence-electron chi connectivity index (χ3n) is 4.73. The molecule has 2 rings (SSSR count). The zero-order chi connectivity index (χ0) is 18.4. The molecule has 1 heterocycles. The second-order valence-electron chi connectivity index (χ2n) is 8.27. The van der Waals surface area contributed by atoms with Crippen LogP contribution >= 0.6 is 24.0 Å². The molecule has 1 amide bonds. The van der Waals surface area contributed by atoms with Crippen LogP contribution in [-0.4, -0.2) is 66.7 Å². The molecule has 6 nitrogen and oxygen atoms in total. The minimum atomic E-state index is -0.439. The number of hydrogen-bond acceptors (Lipinski definition) is 3. The Hall–Kier alpha value is -0.730. The van der Waals surface area contributed by atoms with Crippen LogP contribution in [0.3, 0.4) is 0 Å². The Bertz CT molecular complexity index is 467. The van der Waals surface area contributed by atoms with Gasteiger partial charge in [0.15, 0.2) is 5.96 Å². The van der Waals surface area contributed by atoms with Crippen LogP contribution < -0.4 is 5.32 Å². The van der Waals surface area contributed by atoms with Crippen molar-refractivity contribution in [3.63, 3.8) is 0 Å². The average molecular weight is 480 g/mol. The largest absolute Gasteiger partial charge is 0.444 e. The van der Waals surface area contributed by atoms with E-state index in [1.54, 1.807) is 0 Å². The lowest BCUT2D eigenvalue weighted by atomic mass is 10.0. The van der Waals surface area contributed by atoms with Gasteiger partial charge in [-0.05, 0) is 58.8 Å². The zero-order valence-electron chi connectivity index (χ0n) is 17.1. The summed E-state index contributed by atoms with van der Waals surface area (Å²) < 4.78 is 5.67. The van der Waals surface area contributed by atoms with Crippen molar-refractivity contribution >= 4 is 36.0 Å². The lowest BCUT2D eigenvalue weighted by molar-refractivity contribution is 0.00928. The summed E-state index contributed by atoms with van der Waals surface area (Å²) >= 11 is 0. The van der Waals surface area contributed by atoms with Gasteiger partial charge in [0.05, 0.1) is 0 Å². The number of guanidine groups is 1. The molecule has 0 aromatic heterocycles. The Balaban J connectivity index is 0.00000338. The quantitative estimate of drug-likeness (QED) is 0.371. The van der Waals surface area contributed by atoms with E-state index in [4.69, 9.17) is 4.74 Å². The maximum atomic E-state index is 12.7. The highest BCUT2D eigenvalue weighted by atomic mass is 127. The predicted molar refractivity (Wildman–Crippen MR) is 117 cm³/mol. The van der Waals surface area contributed by atoms with Gasteiger partial charge in [-0.1, -0.05) is 6.92 Å². The van der Waals surface area contributed by atoms with E-state index in [1.807, 2.05) is 32.7 Å². The van der Waals surface area contributed by atoms with Crippen molar-refractivity contribution in [3.05, 3.63) is 0 Å². The number of nitrogens with zero attached hydrogens (tertiary/aromatic N) is 3. The molecule has 0 unspecified atom stereocenters. The van der Waals surface area contributed by atoms with Crippen molar-refractivity contribution in [2.24, 2.45) is 10.9 Å². The van der Waals surface area contributed by atoms with E-state index in [0.717, 1.165) is 51.4 Å². The van der Waals surface area contributed by atoms with Crippen molar-refractivity contribution < 1.29 is 9.53 Å². The first-order valence-electron chi connectivity index (χ1n) is 9.79. The molecule has 0 spiro atoms. The third-order valence-corrected chi connectivity index (χ3v) is 4.73. The molecule has 1 saturated heterocycles. The number of amides is 1. The van der Waals surface area contributed by atoms with Crippen molar-refractivity contribution in [2.45, 2.75) is 71.4 Å². The lowest BCUT2D eigenvalue weighted by Crippen LogP contribution is -2.52. The Morgan fingerprint density at radius 3 is 2.31 bits per heavy atom. The number of aliphatic imine (C=N–C) groups is 1. The number of rotatable bonds is 5. The molecule has 1 saturated carbocycles. The lowest BCUT2D eigenvalue weighted by Gasteiger charge is -2.40. The summed E-state index contributed by atoms with van der Waals surface area (Å²) in [6.45, 7) is 11.6. The van der Waals surface area contributed by atoms with Gasteiger partial charge >= 0.3 is 6.09 Å². The third kappa shape index (κ3) is 7.48. The Labute approximate surface area is 176 Å². The molecule has 1 aliphatic carbocycles. The first-order valence-corrected chi connectivity index (χ1v) is 9.79. The van der Waals surface area contributed by atoms with Gasteiger partial charge in [-0.3, -0.25) is 4.99 Å². The number of likely N-dealkylation sites (tertiary alicyclic amines) is 1. The van der Waals surface area contributed by atoms with Gasteiger partial charge in [-0.15, -0.1) is 24.0 Å². The zero-order valence-corrected chi connectivity index (χ0v) is 19.4. The number of ether oxygens (including phenoxy) is 1. The fourth-order valence-corrected chi connectivity index (χ4v) is 3.23. The van der Waals surface area contributed by atoms with Crippen molar-refractivity contribution in [1.29, 1.82) is 0 Å². The highest BCUT2D eigenvalue weighted by molar-refractivity contribution is 14.0. The van der Waals surface area contributed by atoms with Gasteiger partial charge in [0.25, 0.3) is 0 Å². The molecule has 1 N–H and O–H groups in total. The standard InChI is InChI=1S/C19H36N4O2.HI/c1-6-11-21-17(20-5)22-12-9-16(10-13-22)23(14-15-7-8-15)18(24)25-19(2,3)4;/h15-16H,6-14H2,1-5H3,(H,20,21);1H. The Morgan fingerprint density at radius 2 is 1.85 bits per heavy atom. The smallest absolute Gasteiger partial charge is 0.410 e. The summed E-state index contributed by atoms with van der Waals surface area (Å²) in [5, 5.41) is 3.40. The Morgan fingerprint density at radius 1 is 1.23 bits per heavy atom. The first-order chi connectivity index (χ1) is 11.8. The van der Waals surface area contributed by atoms with Gasteiger partial charge in [-0.2, -0.15) is 0 Å². The van der Waals surface area contributed by atoms with Crippen LogP contribution in [0.2, 0.25) is 0 Å². The van der Waals surface area contributed by atoms with Crippen LogP contribution in [-0.2, 0) is 4.74 Å². The van der Waals surface area contributed by atoms with E-state index in [0.29, 0.717) is 5.92 Å². The molecule has 0 aromatic carbocycles. The van der Waals surface area contributed by atoms with Crippen LogP contribution in [0.4, 0.5) is 4.79 Å². The van der Waals surface area contributed by atoms with E-state index in [-0.39, 0.29) is 36.1 Å². The van der Waals surface area contributed by atoms with Gasteiger partial charge in [0, 0.05) is 39.3 Å². The topological polar surface area (TPSA) is 57.2 Å². The van der Waals surface area contributed by atoms with E-state index in [9.17, 15) is 4.79 Å². The summed E-state index contributed by atoms with van der Waals surface area (Å²) in [6.07, 6.45) is 5.37. The molecule has 1 aliphatic heterocycles. The molecular weight excluding hydrogens is 443 g/mol. The molecule has 2 fully saturated rings. The first kappa shape index (κ1) is 23.3. The molecule has 0 aromatic rings.